The van der Waals surface area contributed by atoms with Crippen LogP contribution in [0.2, 0.25) is 0 Å². The highest BCUT2D eigenvalue weighted by Crippen LogP contribution is 2.19. The lowest BCUT2D eigenvalue weighted by Gasteiger charge is -2.18. The molecule has 0 fully saturated rings. The zero-order valence-corrected chi connectivity index (χ0v) is 7.30. The highest BCUT2D eigenvalue weighted by atomic mass is 16.6. The molecule has 13 heavy (non-hydrogen) atoms. The Morgan fingerprint density at radius 3 is 2.46 bits per heavy atom. The van der Waals surface area contributed by atoms with Gasteiger partial charge in [-0.2, -0.15) is 0 Å². The summed E-state index contributed by atoms with van der Waals surface area (Å²) in [4.78, 5) is 9.71. The van der Waals surface area contributed by atoms with Gasteiger partial charge in [0.2, 0.25) is 6.54 Å². The molecule has 0 aliphatic heterocycles. The van der Waals surface area contributed by atoms with E-state index in [0.717, 1.165) is 0 Å². The Kier molecular flexibility index (Phi) is 2.63. The van der Waals surface area contributed by atoms with Crippen molar-refractivity contribution in [3.8, 4) is 0 Å². The van der Waals surface area contributed by atoms with Crippen molar-refractivity contribution in [1.29, 1.82) is 0 Å². The minimum absolute atomic E-state index is 0.475. The largest absolute Gasteiger partial charge is 0.379 e. The minimum Gasteiger partial charge on any atom is -0.379 e. The van der Waals surface area contributed by atoms with Crippen LogP contribution in [0.15, 0.2) is 30.3 Å². The van der Waals surface area contributed by atoms with Crippen molar-refractivity contribution in [2.75, 3.05) is 6.54 Å². The number of aliphatic hydroxyl groups is 1. The van der Waals surface area contributed by atoms with Crippen LogP contribution in [0.5, 0.6) is 0 Å². The van der Waals surface area contributed by atoms with Crippen molar-refractivity contribution in [3.63, 3.8) is 0 Å². The van der Waals surface area contributed by atoms with E-state index in [0.29, 0.717) is 5.56 Å². The summed E-state index contributed by atoms with van der Waals surface area (Å²) in [5, 5.41) is 19.9. The molecule has 4 heteroatoms. The molecule has 0 saturated heterocycles. The van der Waals surface area contributed by atoms with E-state index in [1.807, 2.05) is 0 Å². The van der Waals surface area contributed by atoms with Crippen molar-refractivity contribution < 1.29 is 10.0 Å². The van der Waals surface area contributed by atoms with Crippen LogP contribution in [0.4, 0.5) is 0 Å². The number of benzene rings is 1. The summed E-state index contributed by atoms with van der Waals surface area (Å²) in [6, 6.07) is 8.62. The van der Waals surface area contributed by atoms with Crippen LogP contribution in [0.25, 0.3) is 0 Å². The van der Waals surface area contributed by atoms with E-state index in [1.165, 1.54) is 6.92 Å². The molecule has 0 spiro atoms. The summed E-state index contributed by atoms with van der Waals surface area (Å²) < 4.78 is 0. The Balaban J connectivity index is 2.87. The van der Waals surface area contributed by atoms with Gasteiger partial charge in [0.1, 0.15) is 0 Å². The Labute approximate surface area is 76.0 Å². The fourth-order valence-corrected chi connectivity index (χ4v) is 1.14. The molecule has 70 valence electrons. The van der Waals surface area contributed by atoms with Crippen molar-refractivity contribution in [3.05, 3.63) is 46.0 Å². The Morgan fingerprint density at radius 1 is 1.46 bits per heavy atom. The first-order chi connectivity index (χ1) is 6.02. The van der Waals surface area contributed by atoms with Crippen LogP contribution in [-0.4, -0.2) is 16.6 Å². The molecule has 0 aliphatic carbocycles. The molecule has 1 aromatic carbocycles. The average Bonchev–Trinajstić information content (AvgIpc) is 2.04. The molecule has 0 bridgehead atoms. The minimum atomic E-state index is -1.38. The maximum atomic E-state index is 10.2. The molecule has 0 amide bonds. The molecule has 4 nitrogen and oxygen atoms in total. The molecule has 1 aromatic rings. The molecular formula is C9H11NO3. The van der Waals surface area contributed by atoms with E-state index >= 15 is 0 Å². The predicted molar refractivity (Wildman–Crippen MR) is 47.9 cm³/mol. The third-order valence-electron chi connectivity index (χ3n) is 1.83. The van der Waals surface area contributed by atoms with E-state index < -0.39 is 17.1 Å². The number of rotatable bonds is 3. The molecule has 1 rings (SSSR count). The van der Waals surface area contributed by atoms with Crippen molar-refractivity contribution in [2.45, 2.75) is 12.5 Å². The van der Waals surface area contributed by atoms with Crippen molar-refractivity contribution in [1.82, 2.24) is 0 Å². The van der Waals surface area contributed by atoms with Gasteiger partial charge in [0.05, 0.1) is 0 Å². The zero-order chi connectivity index (χ0) is 9.90. The lowest BCUT2D eigenvalue weighted by molar-refractivity contribution is -0.501. The van der Waals surface area contributed by atoms with Crippen LogP contribution in [0, 0.1) is 10.1 Å². The van der Waals surface area contributed by atoms with E-state index in [2.05, 4.69) is 0 Å². The number of hydrogen-bond donors (Lipinski definition) is 1. The lowest BCUT2D eigenvalue weighted by Crippen LogP contribution is -2.30. The van der Waals surface area contributed by atoms with Gasteiger partial charge < -0.3 is 5.11 Å². The summed E-state index contributed by atoms with van der Waals surface area (Å²) in [6.07, 6.45) is 0. The third kappa shape index (κ3) is 2.52. The Hall–Kier alpha value is -1.42. The molecule has 0 aromatic heterocycles. The summed E-state index contributed by atoms with van der Waals surface area (Å²) in [6.45, 7) is 0.960. The van der Waals surface area contributed by atoms with E-state index in [1.54, 1.807) is 30.3 Å². The maximum absolute atomic E-state index is 10.2. The standard InChI is InChI=1S/C9H11NO3/c1-9(11,7-10(12)13)8-5-3-2-4-6-8/h2-6,11H,7H2,1H3/t9-/m0/s1. The number of hydrogen-bond acceptors (Lipinski definition) is 3. The fraction of sp³-hybridized carbons (Fsp3) is 0.333. The van der Waals surface area contributed by atoms with Crippen LogP contribution < -0.4 is 0 Å². The van der Waals surface area contributed by atoms with E-state index in [4.69, 9.17) is 0 Å². The van der Waals surface area contributed by atoms with Crippen LogP contribution in [0.3, 0.4) is 0 Å². The van der Waals surface area contributed by atoms with Gasteiger partial charge in [-0.05, 0) is 12.5 Å². The first-order valence-electron chi connectivity index (χ1n) is 3.92. The van der Waals surface area contributed by atoms with E-state index in [-0.39, 0.29) is 0 Å². The SMILES string of the molecule is C[C@](O)(C[N+](=O)[O-])c1ccccc1. The first-order valence-corrected chi connectivity index (χ1v) is 3.92. The molecule has 0 aliphatic rings. The molecule has 0 radical (unpaired) electrons. The molecule has 0 heterocycles. The topological polar surface area (TPSA) is 63.4 Å². The van der Waals surface area contributed by atoms with Gasteiger partial charge in [0.15, 0.2) is 5.60 Å². The van der Waals surface area contributed by atoms with Gasteiger partial charge in [-0.25, -0.2) is 0 Å². The third-order valence-corrected chi connectivity index (χ3v) is 1.83. The maximum Gasteiger partial charge on any atom is 0.236 e. The second kappa shape index (κ2) is 3.53. The van der Waals surface area contributed by atoms with Crippen LogP contribution in [-0.2, 0) is 5.60 Å². The van der Waals surface area contributed by atoms with Gasteiger partial charge in [0, 0.05) is 4.92 Å². The molecule has 1 N–H and O–H groups in total. The highest BCUT2D eigenvalue weighted by Gasteiger charge is 2.28. The van der Waals surface area contributed by atoms with Crippen molar-refractivity contribution in [2.24, 2.45) is 0 Å². The Bertz CT molecular complexity index is 295. The van der Waals surface area contributed by atoms with Gasteiger partial charge in [-0.1, -0.05) is 30.3 Å². The fourth-order valence-electron chi connectivity index (χ4n) is 1.14. The van der Waals surface area contributed by atoms with Gasteiger partial charge in [-0.15, -0.1) is 0 Å². The summed E-state index contributed by atoms with van der Waals surface area (Å²) in [5.74, 6) is 0. The van der Waals surface area contributed by atoms with Gasteiger partial charge >= 0.3 is 0 Å². The Morgan fingerprint density at radius 2 is 2.00 bits per heavy atom. The zero-order valence-electron chi connectivity index (χ0n) is 7.30. The normalized spacial score (nSPS) is 14.9. The first kappa shape index (κ1) is 9.67. The van der Waals surface area contributed by atoms with E-state index in [9.17, 15) is 15.2 Å². The second-order valence-corrected chi connectivity index (χ2v) is 3.13. The second-order valence-electron chi connectivity index (χ2n) is 3.13. The molecule has 1 atom stereocenters. The predicted octanol–water partition coefficient (Wildman–Crippen LogP) is 1.17. The number of nitrogens with zero attached hydrogens (tertiary/aromatic N) is 1. The summed E-state index contributed by atoms with van der Waals surface area (Å²) in [7, 11) is 0. The molecular weight excluding hydrogens is 170 g/mol. The lowest BCUT2D eigenvalue weighted by atomic mass is 9.96. The quantitative estimate of drug-likeness (QED) is 0.562. The number of nitro groups is 1. The molecule has 0 saturated carbocycles. The average molecular weight is 181 g/mol. The molecule has 0 unspecified atom stereocenters. The van der Waals surface area contributed by atoms with Crippen LogP contribution >= 0.6 is 0 Å². The van der Waals surface area contributed by atoms with Crippen molar-refractivity contribution >= 4 is 0 Å². The summed E-state index contributed by atoms with van der Waals surface area (Å²) >= 11 is 0. The monoisotopic (exact) mass is 181 g/mol. The van der Waals surface area contributed by atoms with Crippen LogP contribution in [0.1, 0.15) is 12.5 Å². The smallest absolute Gasteiger partial charge is 0.236 e. The van der Waals surface area contributed by atoms with Gasteiger partial charge in [-0.3, -0.25) is 10.1 Å². The van der Waals surface area contributed by atoms with Gasteiger partial charge in [0.25, 0.3) is 0 Å². The summed E-state index contributed by atoms with van der Waals surface area (Å²) in [5.41, 5.74) is -0.822. The highest BCUT2D eigenvalue weighted by molar-refractivity contribution is 5.21.